The molecule has 13 heteroatoms. The summed E-state index contributed by atoms with van der Waals surface area (Å²) in [6.45, 7) is 11.7. The highest BCUT2D eigenvalue weighted by atomic mass is 16.6. The molecule has 1 aromatic rings. The highest BCUT2D eigenvalue weighted by molar-refractivity contribution is 5.96. The lowest BCUT2D eigenvalue weighted by atomic mass is 10.2. The van der Waals surface area contributed by atoms with Crippen LogP contribution in [-0.2, 0) is 19.1 Å². The smallest absolute Gasteiger partial charge is 0.443 e. The largest absolute Gasteiger partial charge is 0.446 e. The van der Waals surface area contributed by atoms with Crippen LogP contribution in [-0.4, -0.2) is 51.5 Å². The molecule has 0 aliphatic carbocycles. The molecule has 0 aliphatic rings. The Kier molecular flexibility index (Phi) is 8.97. The number of hydrazine groups is 3. The molecule has 0 aromatic heterocycles. The van der Waals surface area contributed by atoms with Gasteiger partial charge in [0.25, 0.3) is 5.91 Å². The van der Waals surface area contributed by atoms with Gasteiger partial charge in [0.05, 0.1) is 0 Å². The molecule has 0 fully saturated rings. The number of carbonyl (C=O) groups is 5. The normalized spacial score (nSPS) is 11.1. The van der Waals surface area contributed by atoms with Crippen LogP contribution in [0.3, 0.4) is 0 Å². The molecule has 0 atom stereocenters. The number of hydrogen-bond donors (Lipinski definition) is 2. The van der Waals surface area contributed by atoms with E-state index in [9.17, 15) is 24.0 Å². The van der Waals surface area contributed by atoms with Crippen molar-refractivity contribution < 1.29 is 42.9 Å². The predicted molar refractivity (Wildman–Crippen MR) is 117 cm³/mol. The van der Waals surface area contributed by atoms with E-state index in [1.54, 1.807) is 41.5 Å². The van der Waals surface area contributed by atoms with Crippen molar-refractivity contribution in [1.29, 1.82) is 0 Å². The summed E-state index contributed by atoms with van der Waals surface area (Å²) in [7, 11) is 0. The number of ether oxygens (including phenoxy) is 4. The number of esters is 2. The molecular weight excluding hydrogens is 452 g/mol. The lowest BCUT2D eigenvalue weighted by Crippen LogP contribution is -2.62. The van der Waals surface area contributed by atoms with E-state index in [4.69, 9.17) is 24.8 Å². The third kappa shape index (κ3) is 9.32. The minimum absolute atomic E-state index is 0.136. The van der Waals surface area contributed by atoms with Gasteiger partial charge in [0.15, 0.2) is 11.5 Å². The van der Waals surface area contributed by atoms with Gasteiger partial charge in [-0.15, -0.1) is 10.2 Å². The monoisotopic (exact) mass is 482 g/mol. The van der Waals surface area contributed by atoms with Crippen molar-refractivity contribution >= 4 is 30.0 Å². The number of nitrogens with two attached hydrogens (primary N) is 1. The summed E-state index contributed by atoms with van der Waals surface area (Å²) in [5, 5.41) is 0.601. The molecule has 3 N–H and O–H groups in total. The summed E-state index contributed by atoms with van der Waals surface area (Å²) < 4.78 is 20.2. The second kappa shape index (κ2) is 10.8. The van der Waals surface area contributed by atoms with Crippen LogP contribution in [0.2, 0.25) is 0 Å². The minimum Gasteiger partial charge on any atom is -0.443 e. The summed E-state index contributed by atoms with van der Waals surface area (Å²) in [6, 6.07) is 3.45. The van der Waals surface area contributed by atoms with Gasteiger partial charge in [-0.1, -0.05) is 0 Å². The second-order valence-corrected chi connectivity index (χ2v) is 8.90. The number of carbonyl (C=O) groups excluding carboxylic acids is 5. The third-order valence-corrected chi connectivity index (χ3v) is 3.28. The predicted octanol–water partition coefficient (Wildman–Crippen LogP) is 2.44. The second-order valence-electron chi connectivity index (χ2n) is 8.90. The van der Waals surface area contributed by atoms with Gasteiger partial charge in [-0.25, -0.2) is 20.9 Å². The van der Waals surface area contributed by atoms with Crippen LogP contribution in [0.25, 0.3) is 0 Å². The Morgan fingerprint density at radius 2 is 1.32 bits per heavy atom. The van der Waals surface area contributed by atoms with E-state index in [-0.39, 0.29) is 22.2 Å². The molecule has 0 unspecified atom stereocenters. The maximum absolute atomic E-state index is 13.2. The van der Waals surface area contributed by atoms with Crippen LogP contribution in [0.5, 0.6) is 11.5 Å². The first kappa shape index (κ1) is 28.2. The zero-order valence-corrected chi connectivity index (χ0v) is 20.4. The summed E-state index contributed by atoms with van der Waals surface area (Å²) in [4.78, 5) is 60.8. The van der Waals surface area contributed by atoms with Crippen LogP contribution in [0, 0.1) is 0 Å². The Morgan fingerprint density at radius 1 is 0.824 bits per heavy atom. The fourth-order valence-corrected chi connectivity index (χ4v) is 2.22. The summed E-state index contributed by atoms with van der Waals surface area (Å²) in [5.74, 6) is 2.89. The first-order valence-electron chi connectivity index (χ1n) is 10.0. The van der Waals surface area contributed by atoms with E-state index in [1.807, 2.05) is 0 Å². The topological polar surface area (TPSA) is 167 Å². The maximum atomic E-state index is 13.2. The lowest BCUT2D eigenvalue weighted by Gasteiger charge is -2.32. The highest BCUT2D eigenvalue weighted by Crippen LogP contribution is 2.29. The number of rotatable bonds is 3. The van der Waals surface area contributed by atoms with Gasteiger partial charge >= 0.3 is 24.1 Å². The van der Waals surface area contributed by atoms with Crippen LogP contribution >= 0.6 is 0 Å². The number of hydrogen-bond acceptors (Lipinski definition) is 10. The number of nitrogens with one attached hydrogen (secondary N) is 1. The molecule has 0 radical (unpaired) electrons. The van der Waals surface area contributed by atoms with Gasteiger partial charge in [-0.3, -0.25) is 14.4 Å². The summed E-state index contributed by atoms with van der Waals surface area (Å²) in [6.07, 6.45) is -2.27. The van der Waals surface area contributed by atoms with Crippen LogP contribution in [0.4, 0.5) is 9.59 Å². The zero-order valence-electron chi connectivity index (χ0n) is 20.4. The molecule has 0 bridgehead atoms. The van der Waals surface area contributed by atoms with Gasteiger partial charge in [0.1, 0.15) is 11.2 Å². The first-order chi connectivity index (χ1) is 15.4. The molecular formula is C21H30N4O9. The Balaban J connectivity index is 3.40. The van der Waals surface area contributed by atoms with Gasteiger partial charge < -0.3 is 18.9 Å². The average Bonchev–Trinajstić information content (AvgIpc) is 2.62. The lowest BCUT2D eigenvalue weighted by molar-refractivity contribution is -0.134. The Labute approximate surface area is 196 Å². The van der Waals surface area contributed by atoms with E-state index in [0.717, 1.165) is 19.9 Å². The van der Waals surface area contributed by atoms with Crippen LogP contribution < -0.4 is 20.7 Å². The fourth-order valence-electron chi connectivity index (χ4n) is 2.22. The summed E-state index contributed by atoms with van der Waals surface area (Å²) in [5.41, 5.74) is -0.0323. The van der Waals surface area contributed by atoms with E-state index in [2.05, 4.69) is 5.43 Å². The molecule has 3 amide bonds. The van der Waals surface area contributed by atoms with E-state index >= 15 is 0 Å². The Hall–Kier alpha value is -3.87. The maximum Gasteiger partial charge on any atom is 0.446 e. The van der Waals surface area contributed by atoms with Crippen molar-refractivity contribution in [1.82, 2.24) is 15.7 Å². The number of amides is 3. The Morgan fingerprint density at radius 3 is 1.79 bits per heavy atom. The summed E-state index contributed by atoms with van der Waals surface area (Å²) >= 11 is 0. The molecule has 1 rings (SSSR count). The van der Waals surface area contributed by atoms with Crippen LogP contribution in [0.1, 0.15) is 65.7 Å². The highest BCUT2D eigenvalue weighted by Gasteiger charge is 2.32. The molecule has 0 heterocycles. The Bertz CT molecular complexity index is 964. The van der Waals surface area contributed by atoms with Gasteiger partial charge in [-0.05, 0) is 59.7 Å². The van der Waals surface area contributed by atoms with E-state index < -0.39 is 41.2 Å². The van der Waals surface area contributed by atoms with Gasteiger partial charge in [-0.2, -0.15) is 0 Å². The minimum atomic E-state index is -1.17. The number of nitrogens with zero attached hydrogens (tertiary/aromatic N) is 2. The quantitative estimate of drug-likeness (QED) is 0.215. The van der Waals surface area contributed by atoms with Crippen molar-refractivity contribution in [3.63, 3.8) is 0 Å². The van der Waals surface area contributed by atoms with Crippen LogP contribution in [0.15, 0.2) is 18.2 Å². The molecule has 0 spiro atoms. The van der Waals surface area contributed by atoms with Crippen molar-refractivity contribution in [2.75, 3.05) is 0 Å². The molecule has 1 aromatic carbocycles. The van der Waals surface area contributed by atoms with Crippen molar-refractivity contribution in [2.45, 2.75) is 66.6 Å². The molecule has 0 aliphatic heterocycles. The molecule has 188 valence electrons. The SMILES string of the molecule is CC(=O)Oc1ccc(C(=O)N(NC(=O)OC(C)(C)C)N(N)C(=O)OC(C)(C)C)cc1OC(C)=O. The van der Waals surface area contributed by atoms with E-state index in [0.29, 0.717) is 5.12 Å². The first-order valence-corrected chi connectivity index (χ1v) is 10.0. The van der Waals surface area contributed by atoms with Crippen molar-refractivity contribution in [3.05, 3.63) is 23.8 Å². The fraction of sp³-hybridized carbons (Fsp3) is 0.476. The third-order valence-electron chi connectivity index (χ3n) is 3.28. The number of benzene rings is 1. The van der Waals surface area contributed by atoms with Crippen molar-refractivity contribution in [2.24, 2.45) is 5.84 Å². The average molecular weight is 482 g/mol. The molecule has 0 saturated carbocycles. The van der Waals surface area contributed by atoms with E-state index in [1.165, 1.54) is 12.1 Å². The van der Waals surface area contributed by atoms with Gasteiger partial charge in [0.2, 0.25) is 0 Å². The zero-order chi connectivity index (χ0) is 26.4. The van der Waals surface area contributed by atoms with Gasteiger partial charge in [0, 0.05) is 19.4 Å². The van der Waals surface area contributed by atoms with Crippen molar-refractivity contribution in [3.8, 4) is 11.5 Å². The molecule has 0 saturated heterocycles. The molecule has 34 heavy (non-hydrogen) atoms. The standard InChI is InChI=1S/C21H30N4O9/c1-12(26)31-15-10-9-14(11-16(15)32-13(2)27)17(28)25(23-18(29)33-20(3,4)5)24(22)19(30)34-21(6,7)8/h9-11H,22H2,1-8H3,(H,23,29). The molecule has 13 nitrogen and oxygen atoms in total.